The summed E-state index contributed by atoms with van der Waals surface area (Å²) >= 11 is 0. The van der Waals surface area contributed by atoms with Crippen LogP contribution in [0.5, 0.6) is 11.9 Å². The van der Waals surface area contributed by atoms with Gasteiger partial charge in [-0.15, -0.1) is 0 Å². The molecule has 41 heavy (non-hydrogen) atoms. The largest absolute Gasteiger partial charge is 0.474 e. The molecule has 3 heterocycles. The van der Waals surface area contributed by atoms with Crippen LogP contribution in [-0.4, -0.2) is 47.3 Å². The third-order valence-corrected chi connectivity index (χ3v) is 6.10. The normalized spacial score (nSPS) is 15.5. The molecule has 0 spiro atoms. The van der Waals surface area contributed by atoms with E-state index < -0.39 is 57.5 Å². The minimum atomic E-state index is -5.05. The number of anilines is 2. The number of rotatable bonds is 5. The fourth-order valence-corrected chi connectivity index (χ4v) is 4.21. The summed E-state index contributed by atoms with van der Waals surface area (Å²) in [6, 6.07) is 2.42. The van der Waals surface area contributed by atoms with Gasteiger partial charge in [0.1, 0.15) is 28.2 Å². The molecule has 1 unspecified atom stereocenters. The fourth-order valence-electron chi connectivity index (χ4n) is 4.21. The Bertz CT molecular complexity index is 1430. The Hall–Kier alpha value is -3.99. The van der Waals surface area contributed by atoms with Gasteiger partial charge in [-0.05, 0) is 44.9 Å². The Morgan fingerprint density at radius 1 is 1.15 bits per heavy atom. The molecular weight excluding hydrogens is 549 g/mol. The Morgan fingerprint density at radius 2 is 1.88 bits per heavy atom. The predicted octanol–water partition coefficient (Wildman–Crippen LogP) is 5.76. The van der Waals surface area contributed by atoms with E-state index in [1.54, 1.807) is 6.92 Å². The van der Waals surface area contributed by atoms with E-state index in [1.165, 1.54) is 0 Å². The highest BCUT2D eigenvalue weighted by Crippen LogP contribution is 2.44. The minimum Gasteiger partial charge on any atom is -0.474 e. The maximum atomic E-state index is 16.2. The first kappa shape index (κ1) is 31.5. The van der Waals surface area contributed by atoms with Gasteiger partial charge in [0.25, 0.3) is 0 Å². The lowest BCUT2D eigenvalue weighted by atomic mass is 9.96. The zero-order chi connectivity index (χ0) is 30.3. The number of nitriles is 1. The topological polar surface area (TPSA) is 131 Å². The molecule has 4 rings (SSSR count). The average Bonchev–Trinajstić information content (AvgIpc) is 2.96. The highest BCUT2D eigenvalue weighted by molar-refractivity contribution is 5.96. The SMILES string of the molecule is CC.Cc1c(F)c(N)cc(-c2nc3c4c(nc(OCCCC#N)nc4c2F)NCCNCCC(C)O3)c1C(F)(F)F. The first-order valence-corrected chi connectivity index (χ1v) is 13.2. The number of halogens is 5. The van der Waals surface area contributed by atoms with Crippen molar-refractivity contribution < 1.29 is 31.4 Å². The van der Waals surface area contributed by atoms with E-state index in [2.05, 4.69) is 25.6 Å². The average molecular weight is 582 g/mol. The Kier molecular flexibility index (Phi) is 10.4. The van der Waals surface area contributed by atoms with E-state index in [-0.39, 0.29) is 36.1 Å². The van der Waals surface area contributed by atoms with Crippen LogP contribution >= 0.6 is 0 Å². The van der Waals surface area contributed by atoms with Crippen molar-refractivity contribution in [1.29, 1.82) is 5.26 Å². The van der Waals surface area contributed by atoms with E-state index in [4.69, 9.17) is 20.5 Å². The van der Waals surface area contributed by atoms with Crippen LogP contribution in [0.1, 0.15) is 51.2 Å². The number of aromatic nitrogens is 3. The fraction of sp³-hybridized carbons (Fsp3) is 0.481. The molecule has 0 saturated heterocycles. The van der Waals surface area contributed by atoms with E-state index in [0.717, 1.165) is 6.92 Å². The third-order valence-electron chi connectivity index (χ3n) is 6.10. The summed E-state index contributed by atoms with van der Waals surface area (Å²) in [5, 5.41) is 15.0. The predicted molar refractivity (Wildman–Crippen MR) is 145 cm³/mol. The maximum absolute atomic E-state index is 16.2. The number of hydrogen-bond donors (Lipinski definition) is 3. The van der Waals surface area contributed by atoms with Gasteiger partial charge >= 0.3 is 12.2 Å². The summed E-state index contributed by atoms with van der Waals surface area (Å²) in [4.78, 5) is 12.6. The second kappa shape index (κ2) is 13.6. The first-order valence-electron chi connectivity index (χ1n) is 13.2. The number of nitrogens with two attached hydrogens (primary N) is 1. The molecule has 0 radical (unpaired) electrons. The van der Waals surface area contributed by atoms with Crippen molar-refractivity contribution in [1.82, 2.24) is 20.3 Å². The van der Waals surface area contributed by atoms with Crippen LogP contribution in [0.4, 0.5) is 33.5 Å². The van der Waals surface area contributed by atoms with Gasteiger partial charge in [-0.1, -0.05) is 13.8 Å². The van der Waals surface area contributed by atoms with Crippen LogP contribution < -0.4 is 25.8 Å². The molecule has 1 aliphatic rings. The van der Waals surface area contributed by atoms with Gasteiger partial charge < -0.3 is 25.8 Å². The molecule has 0 saturated carbocycles. The van der Waals surface area contributed by atoms with Crippen molar-refractivity contribution in [3.63, 3.8) is 0 Å². The summed E-state index contributed by atoms with van der Waals surface area (Å²) in [6.45, 7) is 8.16. The third kappa shape index (κ3) is 7.02. The first-order chi connectivity index (χ1) is 19.5. The van der Waals surface area contributed by atoms with E-state index in [0.29, 0.717) is 38.5 Å². The molecule has 1 atom stereocenters. The number of nitrogens with one attached hydrogen (secondary N) is 2. The van der Waals surface area contributed by atoms with Crippen LogP contribution in [0.3, 0.4) is 0 Å². The van der Waals surface area contributed by atoms with Crippen molar-refractivity contribution in [3.8, 4) is 29.2 Å². The molecule has 14 heteroatoms. The number of nitrogens with zero attached hydrogens (tertiary/aromatic N) is 4. The quantitative estimate of drug-likeness (QED) is 0.196. The van der Waals surface area contributed by atoms with Crippen LogP contribution in [-0.2, 0) is 6.18 Å². The molecule has 2 aromatic heterocycles. The molecule has 4 N–H and O–H groups in total. The van der Waals surface area contributed by atoms with Crippen molar-refractivity contribution in [2.75, 3.05) is 37.3 Å². The summed E-state index contributed by atoms with van der Waals surface area (Å²) in [7, 11) is 0. The van der Waals surface area contributed by atoms with Crippen LogP contribution in [0.2, 0.25) is 0 Å². The molecule has 0 amide bonds. The molecule has 0 fully saturated rings. The van der Waals surface area contributed by atoms with Crippen LogP contribution in [0.25, 0.3) is 22.2 Å². The van der Waals surface area contributed by atoms with Crippen molar-refractivity contribution in [2.24, 2.45) is 0 Å². The summed E-state index contributed by atoms with van der Waals surface area (Å²) in [5.41, 5.74) is 0.919. The highest BCUT2D eigenvalue weighted by Gasteiger charge is 2.39. The Labute approximate surface area is 234 Å². The summed E-state index contributed by atoms with van der Waals surface area (Å²) in [5.74, 6) is -2.58. The van der Waals surface area contributed by atoms with Gasteiger partial charge in [0, 0.05) is 25.1 Å². The zero-order valence-electron chi connectivity index (χ0n) is 23.2. The lowest BCUT2D eigenvalue weighted by Gasteiger charge is -2.21. The molecule has 0 bridgehead atoms. The second-order valence-corrected chi connectivity index (χ2v) is 8.99. The van der Waals surface area contributed by atoms with Crippen molar-refractivity contribution in [3.05, 3.63) is 28.8 Å². The van der Waals surface area contributed by atoms with E-state index >= 15 is 4.39 Å². The van der Waals surface area contributed by atoms with Gasteiger partial charge in [0.15, 0.2) is 5.82 Å². The lowest BCUT2D eigenvalue weighted by Crippen LogP contribution is -2.26. The number of pyridine rings is 1. The highest BCUT2D eigenvalue weighted by atomic mass is 19.4. The van der Waals surface area contributed by atoms with E-state index in [1.807, 2.05) is 19.9 Å². The van der Waals surface area contributed by atoms with Gasteiger partial charge in [-0.25, -0.2) is 13.8 Å². The van der Waals surface area contributed by atoms with Gasteiger partial charge in [-0.3, -0.25) is 0 Å². The molecule has 3 aromatic rings. The molecular formula is C27H32F5N7O2. The smallest absolute Gasteiger partial charge is 0.417 e. The summed E-state index contributed by atoms with van der Waals surface area (Å²) in [6.07, 6.45) is -4.45. The van der Waals surface area contributed by atoms with Crippen molar-refractivity contribution >= 4 is 22.4 Å². The Balaban J connectivity index is 0.00000226. The lowest BCUT2D eigenvalue weighted by molar-refractivity contribution is -0.137. The monoisotopic (exact) mass is 581 g/mol. The number of alkyl halides is 3. The second-order valence-electron chi connectivity index (χ2n) is 8.99. The number of benzene rings is 1. The van der Waals surface area contributed by atoms with Crippen LogP contribution in [0, 0.1) is 29.9 Å². The van der Waals surface area contributed by atoms with Gasteiger partial charge in [-0.2, -0.15) is 28.4 Å². The van der Waals surface area contributed by atoms with Crippen molar-refractivity contribution in [2.45, 2.75) is 59.2 Å². The standard InChI is InChI=1S/C25H26F5N7O2.C2H6/c1-12-5-7-33-8-9-34-22-16-21(36-24(37-22)38-10-4-3-6-31)19(27)20(35-23(16)39-12)14-11-15(32)18(26)13(2)17(14)25(28,29)30;1-2/h11-12,33H,3-5,7-10,32H2,1-2H3,(H,34,36,37);1-2H3. The molecule has 0 aliphatic carbocycles. The number of ether oxygens (including phenoxy) is 2. The van der Waals surface area contributed by atoms with Crippen LogP contribution in [0.15, 0.2) is 6.07 Å². The molecule has 1 aliphatic heterocycles. The number of nitrogen functional groups attached to an aromatic ring is 1. The maximum Gasteiger partial charge on any atom is 0.417 e. The number of hydrogen-bond acceptors (Lipinski definition) is 9. The Morgan fingerprint density at radius 3 is 2.56 bits per heavy atom. The molecule has 222 valence electrons. The minimum absolute atomic E-state index is 0.00902. The van der Waals surface area contributed by atoms with Gasteiger partial charge in [0.2, 0.25) is 5.88 Å². The summed E-state index contributed by atoms with van der Waals surface area (Å²) < 4.78 is 84.5. The number of unbranched alkanes of at least 4 members (excludes halogenated alkanes) is 1. The van der Waals surface area contributed by atoms with Gasteiger partial charge in [0.05, 0.1) is 30.0 Å². The zero-order valence-corrected chi connectivity index (χ0v) is 23.2. The molecule has 1 aromatic carbocycles. The molecule has 9 nitrogen and oxygen atoms in total. The van der Waals surface area contributed by atoms with E-state index in [9.17, 15) is 17.6 Å².